The van der Waals surface area contributed by atoms with Gasteiger partial charge in [-0.05, 0) is 24.6 Å². The fourth-order valence-corrected chi connectivity index (χ4v) is 1.91. The van der Waals surface area contributed by atoms with E-state index in [1.54, 1.807) is 31.2 Å². The molecule has 0 radical (unpaired) electrons. The van der Waals surface area contributed by atoms with Crippen LogP contribution in [0.25, 0.3) is 0 Å². The number of rotatable bonds is 2. The van der Waals surface area contributed by atoms with E-state index in [2.05, 4.69) is 5.32 Å². The monoisotopic (exact) mass is 261 g/mol. The van der Waals surface area contributed by atoms with Crippen molar-refractivity contribution in [1.82, 2.24) is 10.2 Å². The molecule has 0 aliphatic carbocycles. The number of hydrogen-bond donors (Lipinski definition) is 2. The van der Waals surface area contributed by atoms with Crippen LogP contribution in [0.2, 0.25) is 0 Å². The first-order valence-corrected chi connectivity index (χ1v) is 5.96. The van der Waals surface area contributed by atoms with Gasteiger partial charge in [-0.15, -0.1) is 0 Å². The standard InChI is InChI=1S/C13H15N3O3/c1-8-12(18)15-11(17)7-16(8)13(19)10-4-2-9(6-14)3-5-10/h2-5,8H,6-7,14H2,1H3,(H,15,17,18). The highest BCUT2D eigenvalue weighted by Crippen LogP contribution is 2.12. The van der Waals surface area contributed by atoms with Crippen LogP contribution in [-0.2, 0) is 16.1 Å². The topological polar surface area (TPSA) is 92.5 Å². The molecule has 1 atom stereocenters. The lowest BCUT2D eigenvalue weighted by atomic mass is 10.1. The first-order valence-electron chi connectivity index (χ1n) is 5.96. The van der Waals surface area contributed by atoms with Crippen LogP contribution in [0.1, 0.15) is 22.8 Å². The summed E-state index contributed by atoms with van der Waals surface area (Å²) in [6.45, 7) is 1.88. The molecule has 0 saturated carbocycles. The minimum Gasteiger partial charge on any atom is -0.326 e. The van der Waals surface area contributed by atoms with Gasteiger partial charge >= 0.3 is 0 Å². The highest BCUT2D eigenvalue weighted by molar-refractivity contribution is 6.07. The van der Waals surface area contributed by atoms with Gasteiger partial charge in [-0.2, -0.15) is 0 Å². The smallest absolute Gasteiger partial charge is 0.254 e. The Morgan fingerprint density at radius 2 is 2.00 bits per heavy atom. The van der Waals surface area contributed by atoms with E-state index in [1.165, 1.54) is 4.90 Å². The van der Waals surface area contributed by atoms with Gasteiger partial charge in [0.2, 0.25) is 11.8 Å². The summed E-state index contributed by atoms with van der Waals surface area (Å²) in [4.78, 5) is 36.4. The summed E-state index contributed by atoms with van der Waals surface area (Å²) in [5.41, 5.74) is 6.83. The molecule has 1 unspecified atom stereocenters. The molecule has 1 saturated heterocycles. The predicted octanol–water partition coefficient (Wildman–Crippen LogP) is -0.368. The lowest BCUT2D eigenvalue weighted by Crippen LogP contribution is -2.58. The van der Waals surface area contributed by atoms with Gasteiger partial charge in [-0.25, -0.2) is 0 Å². The maximum Gasteiger partial charge on any atom is 0.254 e. The number of nitrogens with one attached hydrogen (secondary N) is 1. The summed E-state index contributed by atoms with van der Waals surface area (Å²) >= 11 is 0. The molecule has 2 rings (SSSR count). The van der Waals surface area contributed by atoms with E-state index in [9.17, 15) is 14.4 Å². The Balaban J connectivity index is 2.22. The van der Waals surface area contributed by atoms with Crippen molar-refractivity contribution in [2.75, 3.05) is 6.54 Å². The normalized spacial score (nSPS) is 19.3. The summed E-state index contributed by atoms with van der Waals surface area (Å²) in [6.07, 6.45) is 0. The molecular weight excluding hydrogens is 246 g/mol. The van der Waals surface area contributed by atoms with Crippen molar-refractivity contribution >= 4 is 17.7 Å². The number of nitrogens with two attached hydrogens (primary N) is 1. The molecule has 3 amide bonds. The van der Waals surface area contributed by atoms with Gasteiger partial charge in [0.05, 0.1) is 0 Å². The highest BCUT2D eigenvalue weighted by atomic mass is 16.2. The van der Waals surface area contributed by atoms with E-state index in [0.717, 1.165) is 5.56 Å². The summed E-state index contributed by atoms with van der Waals surface area (Å²) in [5.74, 6) is -1.25. The van der Waals surface area contributed by atoms with Crippen molar-refractivity contribution < 1.29 is 14.4 Å². The molecule has 0 bridgehead atoms. The number of hydrogen-bond acceptors (Lipinski definition) is 4. The van der Waals surface area contributed by atoms with Crippen molar-refractivity contribution in [2.45, 2.75) is 19.5 Å². The van der Waals surface area contributed by atoms with Crippen LogP contribution in [-0.4, -0.2) is 35.2 Å². The van der Waals surface area contributed by atoms with Gasteiger partial charge in [-0.1, -0.05) is 12.1 Å². The van der Waals surface area contributed by atoms with Crippen LogP contribution in [0, 0.1) is 0 Å². The molecule has 0 aromatic heterocycles. The fraction of sp³-hybridized carbons (Fsp3) is 0.308. The quantitative estimate of drug-likeness (QED) is 0.711. The molecule has 3 N–H and O–H groups in total. The van der Waals surface area contributed by atoms with Gasteiger partial charge < -0.3 is 10.6 Å². The molecule has 0 spiro atoms. The number of carbonyl (C=O) groups is 3. The molecule has 1 aliphatic rings. The minimum absolute atomic E-state index is 0.107. The van der Waals surface area contributed by atoms with Gasteiger partial charge in [-0.3, -0.25) is 19.7 Å². The number of imide groups is 1. The van der Waals surface area contributed by atoms with E-state index in [0.29, 0.717) is 12.1 Å². The summed E-state index contributed by atoms with van der Waals surface area (Å²) < 4.78 is 0. The average molecular weight is 261 g/mol. The summed E-state index contributed by atoms with van der Waals surface area (Å²) in [5, 5.41) is 2.20. The van der Waals surface area contributed by atoms with Crippen molar-refractivity contribution in [3.05, 3.63) is 35.4 Å². The number of nitrogens with zero attached hydrogens (tertiary/aromatic N) is 1. The Labute approximate surface area is 110 Å². The largest absolute Gasteiger partial charge is 0.326 e. The molecule has 6 nitrogen and oxygen atoms in total. The van der Waals surface area contributed by atoms with Gasteiger partial charge in [0, 0.05) is 12.1 Å². The Morgan fingerprint density at radius 1 is 1.37 bits per heavy atom. The van der Waals surface area contributed by atoms with Crippen LogP contribution in [0.15, 0.2) is 24.3 Å². The van der Waals surface area contributed by atoms with E-state index >= 15 is 0 Å². The molecule has 1 aromatic rings. The molecule has 6 heteroatoms. The molecular formula is C13H15N3O3. The average Bonchev–Trinajstić information content (AvgIpc) is 2.42. The highest BCUT2D eigenvalue weighted by Gasteiger charge is 2.33. The van der Waals surface area contributed by atoms with Crippen LogP contribution < -0.4 is 11.1 Å². The second kappa shape index (κ2) is 5.19. The second-order valence-corrected chi connectivity index (χ2v) is 4.42. The van der Waals surface area contributed by atoms with Gasteiger partial charge in [0.1, 0.15) is 12.6 Å². The molecule has 19 heavy (non-hydrogen) atoms. The summed E-state index contributed by atoms with van der Waals surface area (Å²) in [6, 6.07) is 6.15. The summed E-state index contributed by atoms with van der Waals surface area (Å²) in [7, 11) is 0. The van der Waals surface area contributed by atoms with E-state index in [1.807, 2.05) is 0 Å². The number of carbonyl (C=O) groups excluding carboxylic acids is 3. The Hall–Kier alpha value is -2.21. The van der Waals surface area contributed by atoms with Crippen molar-refractivity contribution in [3.63, 3.8) is 0 Å². The lowest BCUT2D eigenvalue weighted by Gasteiger charge is -2.31. The van der Waals surface area contributed by atoms with E-state index in [4.69, 9.17) is 5.73 Å². The second-order valence-electron chi connectivity index (χ2n) is 4.42. The van der Waals surface area contributed by atoms with E-state index in [-0.39, 0.29) is 12.5 Å². The first-order chi connectivity index (χ1) is 9.02. The first kappa shape index (κ1) is 13.2. The Kier molecular flexibility index (Phi) is 3.62. The number of benzene rings is 1. The molecule has 1 heterocycles. The lowest BCUT2D eigenvalue weighted by molar-refractivity contribution is -0.138. The van der Waals surface area contributed by atoms with Crippen LogP contribution in [0.4, 0.5) is 0 Å². The third-order valence-corrected chi connectivity index (χ3v) is 3.12. The maximum atomic E-state index is 12.3. The maximum absolute atomic E-state index is 12.3. The Morgan fingerprint density at radius 3 is 2.58 bits per heavy atom. The van der Waals surface area contributed by atoms with Crippen LogP contribution in [0.3, 0.4) is 0 Å². The van der Waals surface area contributed by atoms with Crippen molar-refractivity contribution in [1.29, 1.82) is 0 Å². The SMILES string of the molecule is CC1C(=O)NC(=O)CN1C(=O)c1ccc(CN)cc1. The molecule has 1 aromatic carbocycles. The third kappa shape index (κ3) is 2.63. The zero-order chi connectivity index (χ0) is 14.0. The van der Waals surface area contributed by atoms with Crippen molar-refractivity contribution in [2.24, 2.45) is 5.73 Å². The fourth-order valence-electron chi connectivity index (χ4n) is 1.91. The molecule has 1 aliphatic heterocycles. The predicted molar refractivity (Wildman–Crippen MR) is 68.0 cm³/mol. The molecule has 100 valence electrons. The van der Waals surface area contributed by atoms with Crippen molar-refractivity contribution in [3.8, 4) is 0 Å². The molecule has 1 fully saturated rings. The van der Waals surface area contributed by atoms with Crippen LogP contribution >= 0.6 is 0 Å². The zero-order valence-corrected chi connectivity index (χ0v) is 10.6. The number of amides is 3. The van der Waals surface area contributed by atoms with Gasteiger partial charge in [0.25, 0.3) is 5.91 Å². The zero-order valence-electron chi connectivity index (χ0n) is 10.6. The number of piperazine rings is 1. The van der Waals surface area contributed by atoms with Crippen LogP contribution in [0.5, 0.6) is 0 Å². The van der Waals surface area contributed by atoms with Gasteiger partial charge in [0.15, 0.2) is 0 Å². The minimum atomic E-state index is -0.653. The van der Waals surface area contributed by atoms with E-state index < -0.39 is 17.9 Å². The third-order valence-electron chi connectivity index (χ3n) is 3.12. The Bertz CT molecular complexity index is 524.